The van der Waals surface area contributed by atoms with Gasteiger partial charge < -0.3 is 26.7 Å². The molecule has 8 nitrogen and oxygen atoms in total. The van der Waals surface area contributed by atoms with E-state index in [2.05, 4.69) is 11.7 Å². The van der Waals surface area contributed by atoms with E-state index in [-0.39, 0.29) is 12.8 Å². The summed E-state index contributed by atoms with van der Waals surface area (Å²) in [6.45, 7) is 3.01. The van der Waals surface area contributed by atoms with Crippen LogP contribution in [0.2, 0.25) is 0 Å². The Balaban J connectivity index is 3.53. The van der Waals surface area contributed by atoms with Gasteiger partial charge in [-0.2, -0.15) is 0 Å². The van der Waals surface area contributed by atoms with E-state index >= 15 is 0 Å². The molecule has 0 saturated carbocycles. The van der Waals surface area contributed by atoms with Gasteiger partial charge in [0.25, 0.3) is 0 Å². The van der Waals surface area contributed by atoms with Gasteiger partial charge in [-0.05, 0) is 32.2 Å². The molecular formula is C28H55N3O5. The minimum absolute atomic E-state index is 0.0575. The first kappa shape index (κ1) is 34.5. The van der Waals surface area contributed by atoms with Gasteiger partial charge in [0, 0.05) is 6.42 Å². The molecule has 2 atom stereocenters. The smallest absolute Gasteiger partial charge is 0.330 e. The summed E-state index contributed by atoms with van der Waals surface area (Å²) in [7, 11) is 0. The van der Waals surface area contributed by atoms with E-state index in [0.717, 1.165) is 19.3 Å². The predicted molar refractivity (Wildman–Crippen MR) is 145 cm³/mol. The van der Waals surface area contributed by atoms with Crippen LogP contribution in [-0.2, 0) is 23.9 Å². The Morgan fingerprint density at radius 3 is 1.53 bits per heavy atom. The summed E-state index contributed by atoms with van der Waals surface area (Å²) in [5, 5.41) is 0. The molecule has 0 aromatic rings. The van der Waals surface area contributed by atoms with Crippen molar-refractivity contribution in [2.45, 2.75) is 147 Å². The maximum absolute atomic E-state index is 12.0. The molecule has 0 aromatic carbocycles. The number of hydrogen-bond donors (Lipinski definition) is 3. The average Bonchev–Trinajstić information content (AvgIpc) is 2.87. The molecule has 0 aliphatic carbocycles. The van der Waals surface area contributed by atoms with Gasteiger partial charge in [0.2, 0.25) is 0 Å². The van der Waals surface area contributed by atoms with Crippen molar-refractivity contribution in [3.8, 4) is 0 Å². The summed E-state index contributed by atoms with van der Waals surface area (Å²) in [6.07, 6.45) is 21.4. The number of esters is 3. The van der Waals surface area contributed by atoms with Crippen LogP contribution < -0.4 is 17.2 Å². The molecule has 0 saturated heterocycles. The molecule has 0 heterocycles. The molecular weight excluding hydrogens is 458 g/mol. The average molecular weight is 514 g/mol. The van der Waals surface area contributed by atoms with Gasteiger partial charge in [-0.25, -0.2) is 4.79 Å². The first-order chi connectivity index (χ1) is 17.4. The number of unbranched alkanes of at least 4 members (excludes halogenated alkanes) is 15. The normalized spacial score (nSPS) is 12.8. The van der Waals surface area contributed by atoms with Crippen LogP contribution in [0.25, 0.3) is 0 Å². The standard InChI is InChI=1S/C28H55N3O5/c1-2-3-4-5-6-7-8-9-10-11-12-13-14-15-16-17-23-35-27(33)25(31)20-21-26(32)36-28(34)24(30)19-18-22-29/h24-25H,2-23,29-31H2,1H3/t24-,25+/m1/s1. The molecule has 0 fully saturated rings. The lowest BCUT2D eigenvalue weighted by atomic mass is 10.0. The second-order valence-corrected chi connectivity index (χ2v) is 9.95. The molecule has 0 bridgehead atoms. The molecule has 0 rings (SSSR count). The summed E-state index contributed by atoms with van der Waals surface area (Å²) in [5.41, 5.74) is 16.8. The maximum Gasteiger partial charge on any atom is 0.330 e. The number of rotatable bonds is 25. The Bertz CT molecular complexity index is 559. The number of hydrogen-bond acceptors (Lipinski definition) is 8. The van der Waals surface area contributed by atoms with Gasteiger partial charge in [-0.15, -0.1) is 0 Å². The topological polar surface area (TPSA) is 148 Å². The maximum atomic E-state index is 12.0. The molecule has 212 valence electrons. The zero-order valence-electron chi connectivity index (χ0n) is 23.0. The molecule has 6 N–H and O–H groups in total. The Kier molecular flexibility index (Phi) is 24.1. The van der Waals surface area contributed by atoms with Gasteiger partial charge in [-0.3, -0.25) is 9.59 Å². The van der Waals surface area contributed by atoms with E-state index in [4.69, 9.17) is 21.9 Å². The third-order valence-electron chi connectivity index (χ3n) is 6.44. The van der Waals surface area contributed by atoms with Crippen LogP contribution in [0.1, 0.15) is 135 Å². The summed E-state index contributed by atoms with van der Waals surface area (Å²) >= 11 is 0. The molecule has 0 aliphatic heterocycles. The second kappa shape index (κ2) is 25.2. The number of ether oxygens (including phenoxy) is 2. The van der Waals surface area contributed by atoms with Crippen LogP contribution >= 0.6 is 0 Å². The van der Waals surface area contributed by atoms with Gasteiger partial charge in [0.15, 0.2) is 0 Å². The number of nitrogens with two attached hydrogens (primary N) is 3. The summed E-state index contributed by atoms with van der Waals surface area (Å²) < 4.78 is 9.89. The fourth-order valence-corrected chi connectivity index (χ4v) is 4.02. The highest BCUT2D eigenvalue weighted by atomic mass is 16.6. The highest BCUT2D eigenvalue weighted by molar-refractivity contribution is 5.88. The van der Waals surface area contributed by atoms with E-state index in [9.17, 15) is 14.4 Å². The van der Waals surface area contributed by atoms with Crippen LogP contribution in [0, 0.1) is 0 Å². The SMILES string of the molecule is CCCCCCCCCCCCCCCCCCOC(=O)[C@@H](N)CCC(=O)OC(=O)[C@H](N)CCCN. The third kappa shape index (κ3) is 21.7. The molecule has 0 radical (unpaired) electrons. The molecule has 8 heteroatoms. The van der Waals surface area contributed by atoms with Crippen molar-refractivity contribution in [3.63, 3.8) is 0 Å². The first-order valence-corrected chi connectivity index (χ1v) is 14.5. The zero-order valence-corrected chi connectivity index (χ0v) is 23.0. The van der Waals surface area contributed by atoms with E-state index < -0.39 is 30.0 Å². The summed E-state index contributed by atoms with van der Waals surface area (Å²) in [5.74, 6) is -2.06. The van der Waals surface area contributed by atoms with E-state index in [0.29, 0.717) is 26.0 Å². The lowest BCUT2D eigenvalue weighted by Gasteiger charge is -2.12. The second-order valence-electron chi connectivity index (χ2n) is 9.95. The lowest BCUT2D eigenvalue weighted by Crippen LogP contribution is -2.36. The van der Waals surface area contributed by atoms with Crippen molar-refractivity contribution >= 4 is 17.9 Å². The lowest BCUT2D eigenvalue weighted by molar-refractivity contribution is -0.160. The largest absolute Gasteiger partial charge is 0.465 e. The monoisotopic (exact) mass is 513 g/mol. The van der Waals surface area contributed by atoms with Crippen molar-refractivity contribution in [1.29, 1.82) is 0 Å². The Morgan fingerprint density at radius 1 is 0.611 bits per heavy atom. The quantitative estimate of drug-likeness (QED) is 0.0874. The molecule has 0 aliphatic rings. The molecule has 0 spiro atoms. The van der Waals surface area contributed by atoms with E-state index in [1.54, 1.807) is 0 Å². The third-order valence-corrected chi connectivity index (χ3v) is 6.44. The van der Waals surface area contributed by atoms with Gasteiger partial charge in [0.1, 0.15) is 12.1 Å². The van der Waals surface area contributed by atoms with Crippen molar-refractivity contribution in [2.24, 2.45) is 17.2 Å². The van der Waals surface area contributed by atoms with Crippen molar-refractivity contribution in [1.82, 2.24) is 0 Å². The van der Waals surface area contributed by atoms with Gasteiger partial charge in [-0.1, -0.05) is 103 Å². The van der Waals surface area contributed by atoms with Crippen molar-refractivity contribution in [3.05, 3.63) is 0 Å². The van der Waals surface area contributed by atoms with Gasteiger partial charge >= 0.3 is 17.9 Å². The molecule has 0 aromatic heterocycles. The fraction of sp³-hybridized carbons (Fsp3) is 0.893. The van der Waals surface area contributed by atoms with Crippen LogP contribution in [0.3, 0.4) is 0 Å². The van der Waals surface area contributed by atoms with E-state index in [1.165, 1.54) is 83.5 Å². The van der Waals surface area contributed by atoms with Crippen LogP contribution in [0.4, 0.5) is 0 Å². The number of carbonyl (C=O) groups excluding carboxylic acids is 3. The number of carbonyl (C=O) groups is 3. The minimum atomic E-state index is -0.917. The van der Waals surface area contributed by atoms with Crippen molar-refractivity contribution < 1.29 is 23.9 Å². The highest BCUT2D eigenvalue weighted by Gasteiger charge is 2.21. The van der Waals surface area contributed by atoms with Crippen LogP contribution in [0.5, 0.6) is 0 Å². The fourth-order valence-electron chi connectivity index (χ4n) is 4.02. The minimum Gasteiger partial charge on any atom is -0.465 e. The summed E-state index contributed by atoms with van der Waals surface area (Å²) in [6, 6.07) is -1.80. The Morgan fingerprint density at radius 2 is 1.06 bits per heavy atom. The van der Waals surface area contributed by atoms with Crippen molar-refractivity contribution in [2.75, 3.05) is 13.2 Å². The highest BCUT2D eigenvalue weighted by Crippen LogP contribution is 2.14. The predicted octanol–water partition coefficient (Wildman–Crippen LogP) is 5.03. The van der Waals surface area contributed by atoms with Crippen LogP contribution in [-0.4, -0.2) is 43.1 Å². The van der Waals surface area contributed by atoms with Gasteiger partial charge in [0.05, 0.1) is 6.61 Å². The first-order valence-electron chi connectivity index (χ1n) is 14.5. The Hall–Kier alpha value is -1.51. The Labute approximate surface area is 219 Å². The van der Waals surface area contributed by atoms with E-state index in [1.807, 2.05) is 0 Å². The van der Waals surface area contributed by atoms with Crippen LogP contribution in [0.15, 0.2) is 0 Å². The zero-order chi connectivity index (χ0) is 26.9. The molecule has 0 unspecified atom stereocenters. The molecule has 0 amide bonds. The summed E-state index contributed by atoms with van der Waals surface area (Å²) in [4.78, 5) is 35.4. The molecule has 36 heavy (non-hydrogen) atoms.